The second kappa shape index (κ2) is 6.48. The van der Waals surface area contributed by atoms with Crippen LogP contribution in [0.2, 0.25) is 0 Å². The van der Waals surface area contributed by atoms with E-state index in [1.54, 1.807) is 6.20 Å². The standard InChI is InChI=1S/C14H19BrN2O2/c1-2-10-5-6-17(13(7-10)14(18)19)9-12-4-3-11(15)8-16-12/h3-4,8,10,13H,2,5-7,9H2,1H3,(H,18,19). The maximum Gasteiger partial charge on any atom is 0.320 e. The number of pyridine rings is 1. The summed E-state index contributed by atoms with van der Waals surface area (Å²) in [6.07, 6.45) is 4.65. The zero-order valence-corrected chi connectivity index (χ0v) is 12.6. The number of halogens is 1. The first-order valence-electron chi connectivity index (χ1n) is 6.67. The molecule has 1 aliphatic heterocycles. The van der Waals surface area contributed by atoms with Crippen LogP contribution in [0.25, 0.3) is 0 Å². The maximum atomic E-state index is 11.4. The first-order valence-corrected chi connectivity index (χ1v) is 7.46. The van der Waals surface area contributed by atoms with Crippen molar-refractivity contribution in [3.8, 4) is 0 Å². The van der Waals surface area contributed by atoms with E-state index in [0.717, 1.165) is 36.0 Å². The molecule has 104 valence electrons. The average molecular weight is 327 g/mol. The molecule has 2 unspecified atom stereocenters. The van der Waals surface area contributed by atoms with Crippen molar-refractivity contribution in [2.24, 2.45) is 5.92 Å². The van der Waals surface area contributed by atoms with Gasteiger partial charge in [-0.1, -0.05) is 13.3 Å². The van der Waals surface area contributed by atoms with E-state index in [1.165, 1.54) is 0 Å². The summed E-state index contributed by atoms with van der Waals surface area (Å²) in [5, 5.41) is 9.37. The quantitative estimate of drug-likeness (QED) is 0.924. The molecule has 2 heterocycles. The first kappa shape index (κ1) is 14.5. The summed E-state index contributed by atoms with van der Waals surface area (Å²) in [6, 6.07) is 3.51. The number of aliphatic carboxylic acids is 1. The normalized spacial score (nSPS) is 24.3. The van der Waals surface area contributed by atoms with E-state index in [2.05, 4.69) is 27.8 Å². The third-order valence-corrected chi connectivity index (χ3v) is 4.31. The summed E-state index contributed by atoms with van der Waals surface area (Å²) in [5.74, 6) is -0.175. The highest BCUT2D eigenvalue weighted by atomic mass is 79.9. The Bertz CT molecular complexity index is 436. The van der Waals surface area contributed by atoms with Crippen LogP contribution in [0.1, 0.15) is 31.9 Å². The molecule has 4 nitrogen and oxygen atoms in total. The van der Waals surface area contributed by atoms with Crippen LogP contribution in [-0.4, -0.2) is 33.5 Å². The van der Waals surface area contributed by atoms with E-state index in [-0.39, 0.29) is 6.04 Å². The minimum Gasteiger partial charge on any atom is -0.480 e. The second-order valence-electron chi connectivity index (χ2n) is 5.09. The molecule has 0 radical (unpaired) electrons. The second-order valence-corrected chi connectivity index (χ2v) is 6.01. The molecule has 5 heteroatoms. The predicted octanol–water partition coefficient (Wildman–Crippen LogP) is 2.92. The monoisotopic (exact) mass is 326 g/mol. The van der Waals surface area contributed by atoms with Crippen molar-refractivity contribution < 1.29 is 9.90 Å². The minimum absolute atomic E-state index is 0.371. The summed E-state index contributed by atoms with van der Waals surface area (Å²) in [5.41, 5.74) is 0.921. The molecule has 1 fully saturated rings. The number of hydrogen-bond acceptors (Lipinski definition) is 3. The van der Waals surface area contributed by atoms with Crippen molar-refractivity contribution in [3.05, 3.63) is 28.5 Å². The van der Waals surface area contributed by atoms with E-state index >= 15 is 0 Å². The number of carboxylic acid groups (broad SMARTS) is 1. The van der Waals surface area contributed by atoms with E-state index in [0.29, 0.717) is 12.5 Å². The van der Waals surface area contributed by atoms with Gasteiger partial charge >= 0.3 is 5.97 Å². The van der Waals surface area contributed by atoms with Crippen LogP contribution in [0, 0.1) is 5.92 Å². The zero-order valence-electron chi connectivity index (χ0n) is 11.1. The van der Waals surface area contributed by atoms with Crippen molar-refractivity contribution in [3.63, 3.8) is 0 Å². The molecule has 2 atom stereocenters. The van der Waals surface area contributed by atoms with Gasteiger partial charge in [0, 0.05) is 17.2 Å². The SMILES string of the molecule is CCC1CCN(Cc2ccc(Br)cn2)C(C(=O)O)C1. The molecule has 0 bridgehead atoms. The highest BCUT2D eigenvalue weighted by Crippen LogP contribution is 2.26. The highest BCUT2D eigenvalue weighted by molar-refractivity contribution is 9.10. The van der Waals surface area contributed by atoms with Gasteiger partial charge in [-0.3, -0.25) is 14.7 Å². The third kappa shape index (κ3) is 3.76. The lowest BCUT2D eigenvalue weighted by Crippen LogP contribution is -2.46. The first-order chi connectivity index (χ1) is 9.10. The lowest BCUT2D eigenvalue weighted by molar-refractivity contribution is -0.145. The van der Waals surface area contributed by atoms with E-state index < -0.39 is 5.97 Å². The van der Waals surface area contributed by atoms with Crippen LogP contribution in [0.4, 0.5) is 0 Å². The van der Waals surface area contributed by atoms with Crippen LogP contribution < -0.4 is 0 Å². The van der Waals surface area contributed by atoms with Gasteiger partial charge in [-0.2, -0.15) is 0 Å². The van der Waals surface area contributed by atoms with Crippen molar-refractivity contribution >= 4 is 21.9 Å². The van der Waals surface area contributed by atoms with E-state index in [1.807, 2.05) is 17.0 Å². The Balaban J connectivity index is 2.05. The van der Waals surface area contributed by atoms with Crippen LogP contribution >= 0.6 is 15.9 Å². The molecule has 1 aromatic rings. The van der Waals surface area contributed by atoms with Gasteiger partial charge < -0.3 is 5.11 Å². The summed E-state index contributed by atoms with van der Waals surface area (Å²) < 4.78 is 0.940. The van der Waals surface area contributed by atoms with E-state index in [9.17, 15) is 9.90 Å². The number of piperidine rings is 1. The number of likely N-dealkylation sites (tertiary alicyclic amines) is 1. The van der Waals surface area contributed by atoms with Gasteiger partial charge in [-0.15, -0.1) is 0 Å². The van der Waals surface area contributed by atoms with Gasteiger partial charge in [0.25, 0.3) is 0 Å². The van der Waals surface area contributed by atoms with Gasteiger partial charge in [0.05, 0.1) is 5.69 Å². The molecule has 1 N–H and O–H groups in total. The van der Waals surface area contributed by atoms with Crippen LogP contribution in [0.5, 0.6) is 0 Å². The minimum atomic E-state index is -0.713. The fourth-order valence-corrected chi connectivity index (χ4v) is 2.85. The number of nitrogens with zero attached hydrogens (tertiary/aromatic N) is 2. The molecular formula is C14H19BrN2O2. The Kier molecular flexibility index (Phi) is 4.93. The molecule has 19 heavy (non-hydrogen) atoms. The van der Waals surface area contributed by atoms with Crippen molar-refractivity contribution in [1.29, 1.82) is 0 Å². The van der Waals surface area contributed by atoms with Gasteiger partial charge in [0.1, 0.15) is 6.04 Å². The highest BCUT2D eigenvalue weighted by Gasteiger charge is 2.32. The Hall–Kier alpha value is -0.940. The fourth-order valence-electron chi connectivity index (χ4n) is 2.61. The van der Waals surface area contributed by atoms with Crippen molar-refractivity contribution in [1.82, 2.24) is 9.88 Å². The molecule has 0 saturated carbocycles. The number of hydrogen-bond donors (Lipinski definition) is 1. The maximum absolute atomic E-state index is 11.4. The molecule has 0 aliphatic carbocycles. The Morgan fingerprint density at radius 3 is 2.95 bits per heavy atom. The summed E-state index contributed by atoms with van der Waals surface area (Å²) >= 11 is 3.35. The molecule has 1 aliphatic rings. The van der Waals surface area contributed by atoms with Gasteiger partial charge in [-0.05, 0) is 53.4 Å². The van der Waals surface area contributed by atoms with Crippen molar-refractivity contribution in [2.75, 3.05) is 6.54 Å². The van der Waals surface area contributed by atoms with Crippen molar-refractivity contribution in [2.45, 2.75) is 38.8 Å². The lowest BCUT2D eigenvalue weighted by atomic mass is 9.89. The number of rotatable bonds is 4. The molecular weight excluding hydrogens is 308 g/mol. The molecule has 0 aromatic carbocycles. The number of carbonyl (C=O) groups is 1. The number of aromatic nitrogens is 1. The Morgan fingerprint density at radius 2 is 2.37 bits per heavy atom. The molecule has 0 amide bonds. The Labute approximate surface area is 122 Å². The topological polar surface area (TPSA) is 53.4 Å². The Morgan fingerprint density at radius 1 is 1.58 bits per heavy atom. The fraction of sp³-hybridized carbons (Fsp3) is 0.571. The van der Waals surface area contributed by atoms with Gasteiger partial charge in [-0.25, -0.2) is 0 Å². The third-order valence-electron chi connectivity index (χ3n) is 3.84. The molecule has 0 spiro atoms. The van der Waals surface area contributed by atoms with E-state index in [4.69, 9.17) is 0 Å². The molecule has 1 aromatic heterocycles. The predicted molar refractivity (Wildman–Crippen MR) is 76.8 cm³/mol. The van der Waals surface area contributed by atoms with Crippen LogP contribution in [0.15, 0.2) is 22.8 Å². The van der Waals surface area contributed by atoms with Gasteiger partial charge in [0.2, 0.25) is 0 Å². The summed E-state index contributed by atoms with van der Waals surface area (Å²) in [4.78, 5) is 17.8. The molecule has 2 rings (SSSR count). The van der Waals surface area contributed by atoms with Crippen LogP contribution in [-0.2, 0) is 11.3 Å². The lowest BCUT2D eigenvalue weighted by Gasteiger charge is -2.36. The van der Waals surface area contributed by atoms with Crippen LogP contribution in [0.3, 0.4) is 0 Å². The average Bonchev–Trinajstić information content (AvgIpc) is 2.41. The zero-order chi connectivity index (χ0) is 13.8. The number of carboxylic acids is 1. The summed E-state index contributed by atoms with van der Waals surface area (Å²) in [6.45, 7) is 3.59. The smallest absolute Gasteiger partial charge is 0.320 e. The largest absolute Gasteiger partial charge is 0.480 e. The van der Waals surface area contributed by atoms with Gasteiger partial charge in [0.15, 0.2) is 0 Å². The summed E-state index contributed by atoms with van der Waals surface area (Å²) in [7, 11) is 0. The molecule has 1 saturated heterocycles.